The lowest BCUT2D eigenvalue weighted by Crippen LogP contribution is -2.35. The van der Waals surface area contributed by atoms with Gasteiger partial charge in [0.05, 0.1) is 13.7 Å². The van der Waals surface area contributed by atoms with Gasteiger partial charge >= 0.3 is 5.97 Å². The van der Waals surface area contributed by atoms with Crippen molar-refractivity contribution in [1.82, 2.24) is 9.88 Å². The molecule has 3 aromatic carbocycles. The molecule has 186 valence electrons. The molecule has 0 saturated heterocycles. The van der Waals surface area contributed by atoms with E-state index in [0.29, 0.717) is 36.2 Å². The molecule has 9 heteroatoms. The Labute approximate surface area is 208 Å². The number of aromatic nitrogens is 1. The Bertz CT molecular complexity index is 1300. The highest BCUT2D eigenvalue weighted by Gasteiger charge is 2.19. The Morgan fingerprint density at radius 3 is 2.50 bits per heavy atom. The van der Waals surface area contributed by atoms with Gasteiger partial charge in [0, 0.05) is 19.2 Å². The van der Waals surface area contributed by atoms with Gasteiger partial charge in [-0.25, -0.2) is 0 Å². The van der Waals surface area contributed by atoms with Crippen LogP contribution in [0.1, 0.15) is 15.9 Å². The van der Waals surface area contributed by atoms with E-state index in [4.69, 9.17) is 13.9 Å². The van der Waals surface area contributed by atoms with E-state index in [1.54, 1.807) is 36.4 Å². The van der Waals surface area contributed by atoms with Crippen LogP contribution in [0, 0.1) is 0 Å². The predicted molar refractivity (Wildman–Crippen MR) is 135 cm³/mol. The molecule has 0 unspecified atom stereocenters. The minimum atomic E-state index is -1.09. The van der Waals surface area contributed by atoms with E-state index >= 15 is 0 Å². The zero-order valence-electron chi connectivity index (χ0n) is 20.1. The number of carboxylic acids is 1. The van der Waals surface area contributed by atoms with Gasteiger partial charge in [-0.05, 0) is 48.0 Å². The Morgan fingerprint density at radius 1 is 1.00 bits per heavy atom. The van der Waals surface area contributed by atoms with Gasteiger partial charge in [-0.1, -0.05) is 30.3 Å². The number of fused-ring (bicyclic) bond motifs is 1. The standard InChI is InChI=1S/C27H27N3O6/c1-29(27-28-23-8-3-4-9-24(23)36-27)14-15-35-21-12-10-19(11-13-21)17-30(18-25(31)32)26(33)20-6-5-7-22(16-20)34-2/h3-13,16H,14-15,17-18H2,1-2H3,(H,31,32). The van der Waals surface area contributed by atoms with Crippen LogP contribution in [0.5, 0.6) is 11.5 Å². The summed E-state index contributed by atoms with van der Waals surface area (Å²) < 4.78 is 16.8. The minimum Gasteiger partial charge on any atom is -0.497 e. The van der Waals surface area contributed by atoms with Gasteiger partial charge in [0.1, 0.15) is 30.2 Å². The number of benzene rings is 3. The topological polar surface area (TPSA) is 105 Å². The number of carboxylic acid groups (broad SMARTS) is 1. The summed E-state index contributed by atoms with van der Waals surface area (Å²) in [4.78, 5) is 32.0. The Kier molecular flexibility index (Phi) is 7.69. The Balaban J connectivity index is 1.34. The molecule has 9 nitrogen and oxygen atoms in total. The number of rotatable bonds is 11. The van der Waals surface area contributed by atoms with Crippen molar-refractivity contribution >= 4 is 29.0 Å². The van der Waals surface area contributed by atoms with Crippen molar-refractivity contribution in [2.24, 2.45) is 0 Å². The lowest BCUT2D eigenvalue weighted by atomic mass is 10.1. The number of hydrogen-bond acceptors (Lipinski definition) is 7. The Morgan fingerprint density at radius 2 is 1.78 bits per heavy atom. The maximum atomic E-state index is 13.0. The molecule has 1 aromatic heterocycles. The third kappa shape index (κ3) is 6.12. The lowest BCUT2D eigenvalue weighted by Gasteiger charge is -2.21. The van der Waals surface area contributed by atoms with E-state index in [-0.39, 0.29) is 12.5 Å². The van der Waals surface area contributed by atoms with Crippen LogP contribution in [-0.2, 0) is 11.3 Å². The summed E-state index contributed by atoms with van der Waals surface area (Å²) in [7, 11) is 3.39. The third-order valence-electron chi connectivity index (χ3n) is 5.53. The normalized spacial score (nSPS) is 10.7. The number of likely N-dealkylation sites (N-methyl/N-ethyl adjacent to an activating group) is 1. The fourth-order valence-electron chi connectivity index (χ4n) is 3.63. The molecule has 0 aliphatic heterocycles. The number of ether oxygens (including phenoxy) is 2. The first kappa shape index (κ1) is 24.6. The van der Waals surface area contributed by atoms with E-state index in [1.165, 1.54) is 12.0 Å². The van der Waals surface area contributed by atoms with Gasteiger partial charge in [-0.15, -0.1) is 0 Å². The average molecular weight is 490 g/mol. The smallest absolute Gasteiger partial charge is 0.323 e. The number of oxazole rings is 1. The fourth-order valence-corrected chi connectivity index (χ4v) is 3.63. The van der Waals surface area contributed by atoms with Gasteiger partial charge in [0.25, 0.3) is 11.9 Å². The van der Waals surface area contributed by atoms with Crippen molar-refractivity contribution < 1.29 is 28.6 Å². The molecular formula is C27H27N3O6. The first-order valence-electron chi connectivity index (χ1n) is 11.4. The van der Waals surface area contributed by atoms with E-state index in [9.17, 15) is 14.7 Å². The van der Waals surface area contributed by atoms with Crippen LogP contribution in [0.4, 0.5) is 6.01 Å². The van der Waals surface area contributed by atoms with Crippen LogP contribution >= 0.6 is 0 Å². The molecule has 0 aliphatic rings. The second-order valence-electron chi connectivity index (χ2n) is 8.17. The molecular weight excluding hydrogens is 462 g/mol. The number of carbonyl (C=O) groups is 2. The summed E-state index contributed by atoms with van der Waals surface area (Å²) in [6.07, 6.45) is 0. The molecule has 0 atom stereocenters. The predicted octanol–water partition coefficient (Wildman–Crippen LogP) is 4.08. The number of carbonyl (C=O) groups excluding carboxylic acids is 1. The molecule has 0 saturated carbocycles. The van der Waals surface area contributed by atoms with E-state index in [2.05, 4.69) is 4.98 Å². The Hall–Kier alpha value is -4.53. The van der Waals surface area contributed by atoms with Gasteiger partial charge in [0.2, 0.25) is 0 Å². The average Bonchev–Trinajstić information content (AvgIpc) is 3.33. The van der Waals surface area contributed by atoms with Crippen molar-refractivity contribution in [2.75, 3.05) is 38.8 Å². The molecule has 1 heterocycles. The summed E-state index contributed by atoms with van der Waals surface area (Å²) in [6, 6.07) is 22.0. The van der Waals surface area contributed by atoms with Gasteiger partial charge in [-0.3, -0.25) is 9.59 Å². The molecule has 0 bridgehead atoms. The van der Waals surface area contributed by atoms with Crippen LogP contribution in [-0.4, -0.2) is 60.7 Å². The van der Waals surface area contributed by atoms with E-state index < -0.39 is 12.5 Å². The summed E-state index contributed by atoms with van der Waals surface area (Å²) in [6.45, 7) is 0.698. The third-order valence-corrected chi connectivity index (χ3v) is 5.53. The molecule has 0 spiro atoms. The number of anilines is 1. The van der Waals surface area contributed by atoms with Gasteiger partial charge in [-0.2, -0.15) is 4.98 Å². The molecule has 0 radical (unpaired) electrons. The maximum Gasteiger partial charge on any atom is 0.323 e. The number of para-hydroxylation sites is 2. The number of hydrogen-bond donors (Lipinski definition) is 1. The van der Waals surface area contributed by atoms with Crippen molar-refractivity contribution in [2.45, 2.75) is 6.54 Å². The van der Waals surface area contributed by atoms with E-state index in [0.717, 1.165) is 16.7 Å². The number of amides is 1. The van der Waals surface area contributed by atoms with Crippen LogP contribution in [0.25, 0.3) is 11.1 Å². The molecule has 0 fully saturated rings. The minimum absolute atomic E-state index is 0.142. The van der Waals surface area contributed by atoms with Crippen molar-refractivity contribution in [3.8, 4) is 11.5 Å². The SMILES string of the molecule is COc1cccc(C(=O)N(CC(=O)O)Cc2ccc(OCCN(C)c3nc4ccccc4o3)cc2)c1. The van der Waals surface area contributed by atoms with Crippen LogP contribution in [0.2, 0.25) is 0 Å². The molecule has 1 amide bonds. The zero-order valence-corrected chi connectivity index (χ0v) is 20.1. The number of nitrogens with zero attached hydrogens (tertiary/aromatic N) is 3. The molecule has 1 N–H and O–H groups in total. The second-order valence-corrected chi connectivity index (χ2v) is 8.17. The maximum absolute atomic E-state index is 13.0. The molecule has 0 aliphatic carbocycles. The summed E-state index contributed by atoms with van der Waals surface area (Å²) >= 11 is 0. The summed E-state index contributed by atoms with van der Waals surface area (Å²) in [5.74, 6) is -0.291. The quantitative estimate of drug-likeness (QED) is 0.336. The monoisotopic (exact) mass is 489 g/mol. The van der Waals surface area contributed by atoms with Crippen LogP contribution in [0.15, 0.2) is 77.2 Å². The van der Waals surface area contributed by atoms with Crippen LogP contribution < -0.4 is 14.4 Å². The van der Waals surface area contributed by atoms with E-state index in [1.807, 2.05) is 48.3 Å². The lowest BCUT2D eigenvalue weighted by molar-refractivity contribution is -0.137. The summed E-state index contributed by atoms with van der Waals surface area (Å²) in [5.41, 5.74) is 2.68. The molecule has 4 aromatic rings. The van der Waals surface area contributed by atoms with Gasteiger partial charge in [0.15, 0.2) is 5.58 Å². The zero-order chi connectivity index (χ0) is 25.5. The first-order chi connectivity index (χ1) is 17.4. The highest BCUT2D eigenvalue weighted by molar-refractivity contribution is 5.96. The van der Waals surface area contributed by atoms with Crippen molar-refractivity contribution in [1.29, 1.82) is 0 Å². The molecule has 4 rings (SSSR count). The van der Waals surface area contributed by atoms with Gasteiger partial charge < -0.3 is 28.8 Å². The first-order valence-corrected chi connectivity index (χ1v) is 11.4. The highest BCUT2D eigenvalue weighted by atomic mass is 16.5. The highest BCUT2D eigenvalue weighted by Crippen LogP contribution is 2.21. The second kappa shape index (κ2) is 11.3. The summed E-state index contributed by atoms with van der Waals surface area (Å²) in [5, 5.41) is 9.31. The molecule has 36 heavy (non-hydrogen) atoms. The fraction of sp³-hybridized carbons (Fsp3) is 0.222. The van der Waals surface area contributed by atoms with Crippen LogP contribution in [0.3, 0.4) is 0 Å². The van der Waals surface area contributed by atoms with Crippen molar-refractivity contribution in [3.05, 3.63) is 83.9 Å². The van der Waals surface area contributed by atoms with Crippen molar-refractivity contribution in [3.63, 3.8) is 0 Å². The largest absolute Gasteiger partial charge is 0.497 e. The number of aliphatic carboxylic acids is 1. The number of methoxy groups -OCH3 is 1.